The first-order valence-corrected chi connectivity index (χ1v) is 8.73. The van der Waals surface area contributed by atoms with Crippen LogP contribution in [-0.2, 0) is 12.4 Å². The van der Waals surface area contributed by atoms with Crippen LogP contribution in [0.5, 0.6) is 0 Å². The number of anilines is 1. The number of hydrogen-bond donors (Lipinski definition) is 0. The lowest BCUT2D eigenvalue weighted by Gasteiger charge is -2.33. The summed E-state index contributed by atoms with van der Waals surface area (Å²) in [7, 11) is 0. The molecule has 0 saturated carbocycles. The van der Waals surface area contributed by atoms with E-state index in [0.717, 1.165) is 28.8 Å². The quantitative estimate of drug-likeness (QED) is 0.671. The lowest BCUT2D eigenvalue weighted by atomic mass is 9.98. The number of aromatic nitrogens is 2. The first-order chi connectivity index (χ1) is 12.6. The number of rotatable bonds is 2. The van der Waals surface area contributed by atoms with Crippen LogP contribution < -0.4 is 4.90 Å². The van der Waals surface area contributed by atoms with Crippen LogP contribution in [0.4, 0.5) is 32.2 Å². The van der Waals surface area contributed by atoms with Gasteiger partial charge in [-0.25, -0.2) is 9.97 Å². The Morgan fingerprint density at radius 3 is 2.37 bits per heavy atom. The van der Waals surface area contributed by atoms with Crippen molar-refractivity contribution in [1.29, 1.82) is 5.26 Å². The van der Waals surface area contributed by atoms with E-state index in [0.29, 0.717) is 19.4 Å². The van der Waals surface area contributed by atoms with Gasteiger partial charge < -0.3 is 4.90 Å². The van der Waals surface area contributed by atoms with Gasteiger partial charge in [-0.1, -0.05) is 0 Å². The van der Waals surface area contributed by atoms with Crippen LogP contribution in [0.2, 0.25) is 0 Å². The number of alkyl halides is 6. The maximum Gasteiger partial charge on any atom is 0.434 e. The molecule has 3 heterocycles. The van der Waals surface area contributed by atoms with Crippen molar-refractivity contribution in [3.05, 3.63) is 39.5 Å². The minimum atomic E-state index is -4.66. The van der Waals surface area contributed by atoms with Crippen LogP contribution in [0.25, 0.3) is 0 Å². The summed E-state index contributed by atoms with van der Waals surface area (Å²) in [6, 6.07) is 3.61. The van der Waals surface area contributed by atoms with Crippen molar-refractivity contribution in [2.45, 2.75) is 31.1 Å². The summed E-state index contributed by atoms with van der Waals surface area (Å²) in [5.41, 5.74) is -2.11. The predicted molar refractivity (Wildman–Crippen MR) is 85.3 cm³/mol. The Kier molecular flexibility index (Phi) is 5.03. The van der Waals surface area contributed by atoms with E-state index in [-0.39, 0.29) is 28.9 Å². The van der Waals surface area contributed by atoms with Gasteiger partial charge in [0.15, 0.2) is 5.69 Å². The van der Waals surface area contributed by atoms with E-state index < -0.39 is 23.7 Å². The summed E-state index contributed by atoms with van der Waals surface area (Å²) < 4.78 is 77.1. The molecular weight excluding hydrogens is 394 g/mol. The van der Waals surface area contributed by atoms with Gasteiger partial charge in [0.2, 0.25) is 0 Å². The third-order valence-corrected chi connectivity index (χ3v) is 5.18. The standard InChI is InChI=1S/C16H12F6N4S/c17-15(18,19)11-4-3-9(6-23)13(24-11)26-5-1-2-10(7-26)14-25-12(8-27-14)16(20,21)22/h3-4,8,10H,1-2,5,7H2. The van der Waals surface area contributed by atoms with Crippen LogP contribution in [0.3, 0.4) is 0 Å². The number of nitriles is 1. The number of nitrogens with zero attached hydrogens (tertiary/aromatic N) is 4. The SMILES string of the molecule is N#Cc1ccc(C(F)(F)F)nc1N1CCCC(c2nc(C(F)(F)F)cs2)C1. The van der Waals surface area contributed by atoms with Gasteiger partial charge in [-0.05, 0) is 25.0 Å². The van der Waals surface area contributed by atoms with E-state index in [1.807, 2.05) is 6.07 Å². The zero-order valence-electron chi connectivity index (χ0n) is 13.6. The molecule has 0 aromatic carbocycles. The van der Waals surface area contributed by atoms with Gasteiger partial charge in [0, 0.05) is 24.4 Å². The molecule has 4 nitrogen and oxygen atoms in total. The Bertz CT molecular complexity index is 867. The van der Waals surface area contributed by atoms with Crippen LogP contribution >= 0.6 is 11.3 Å². The Morgan fingerprint density at radius 1 is 1.07 bits per heavy atom. The highest BCUT2D eigenvalue weighted by molar-refractivity contribution is 7.09. The van der Waals surface area contributed by atoms with Gasteiger partial charge in [-0.3, -0.25) is 0 Å². The minimum Gasteiger partial charge on any atom is -0.355 e. The lowest BCUT2D eigenvalue weighted by Crippen LogP contribution is -2.36. The normalized spacial score (nSPS) is 18.4. The van der Waals surface area contributed by atoms with Gasteiger partial charge in [0.1, 0.15) is 17.6 Å². The molecule has 11 heteroatoms. The Labute approximate surface area is 154 Å². The highest BCUT2D eigenvalue weighted by Crippen LogP contribution is 2.37. The Morgan fingerprint density at radius 2 is 1.78 bits per heavy atom. The summed E-state index contributed by atoms with van der Waals surface area (Å²) in [6.45, 7) is 0.505. The largest absolute Gasteiger partial charge is 0.434 e. The molecule has 0 bridgehead atoms. The average molecular weight is 406 g/mol. The topological polar surface area (TPSA) is 52.8 Å². The molecule has 3 rings (SSSR count). The second-order valence-corrected chi connectivity index (χ2v) is 6.92. The number of halogens is 6. The fourth-order valence-corrected chi connectivity index (χ4v) is 3.87. The van der Waals surface area contributed by atoms with Gasteiger partial charge in [-0.15, -0.1) is 11.3 Å². The van der Waals surface area contributed by atoms with Crippen molar-refractivity contribution in [2.24, 2.45) is 0 Å². The summed E-state index contributed by atoms with van der Waals surface area (Å²) in [5, 5.41) is 10.4. The molecule has 1 aliphatic heterocycles. The molecular formula is C16H12F6N4S. The van der Waals surface area contributed by atoms with E-state index in [4.69, 9.17) is 0 Å². The van der Waals surface area contributed by atoms with Gasteiger partial charge in [0.05, 0.1) is 10.6 Å². The molecule has 0 aliphatic carbocycles. The molecule has 1 saturated heterocycles. The molecule has 1 aliphatic rings. The van der Waals surface area contributed by atoms with Crippen LogP contribution in [0.1, 0.15) is 40.7 Å². The zero-order valence-corrected chi connectivity index (χ0v) is 14.4. The first-order valence-electron chi connectivity index (χ1n) is 7.85. The van der Waals surface area contributed by atoms with Crippen LogP contribution in [-0.4, -0.2) is 23.1 Å². The van der Waals surface area contributed by atoms with E-state index in [2.05, 4.69) is 9.97 Å². The van der Waals surface area contributed by atoms with E-state index in [1.165, 1.54) is 4.90 Å². The maximum absolute atomic E-state index is 12.9. The first kappa shape index (κ1) is 19.4. The van der Waals surface area contributed by atoms with Crippen LogP contribution in [0, 0.1) is 11.3 Å². The molecule has 1 fully saturated rings. The van der Waals surface area contributed by atoms with E-state index in [9.17, 15) is 31.6 Å². The summed E-state index contributed by atoms with van der Waals surface area (Å²) in [6.07, 6.45) is -8.11. The third-order valence-electron chi connectivity index (χ3n) is 4.17. The fourth-order valence-electron chi connectivity index (χ4n) is 2.91. The second-order valence-electron chi connectivity index (χ2n) is 6.03. The summed E-state index contributed by atoms with van der Waals surface area (Å²) >= 11 is 0.874. The van der Waals surface area contributed by atoms with Gasteiger partial charge in [-0.2, -0.15) is 31.6 Å². The third kappa shape index (κ3) is 4.16. The lowest BCUT2D eigenvalue weighted by molar-refractivity contribution is -0.141. The Balaban J connectivity index is 1.88. The Hall–Kier alpha value is -2.35. The van der Waals surface area contributed by atoms with Crippen molar-refractivity contribution >= 4 is 17.2 Å². The highest BCUT2D eigenvalue weighted by Gasteiger charge is 2.36. The van der Waals surface area contributed by atoms with E-state index >= 15 is 0 Å². The van der Waals surface area contributed by atoms with E-state index in [1.54, 1.807) is 0 Å². The minimum absolute atomic E-state index is 0.0150. The van der Waals surface area contributed by atoms with Crippen LogP contribution in [0.15, 0.2) is 17.5 Å². The smallest absolute Gasteiger partial charge is 0.355 e. The molecule has 2 aromatic rings. The second kappa shape index (κ2) is 6.99. The van der Waals surface area contributed by atoms with Crippen molar-refractivity contribution in [2.75, 3.05) is 18.0 Å². The molecule has 0 spiro atoms. The average Bonchev–Trinajstić information content (AvgIpc) is 3.11. The summed E-state index contributed by atoms with van der Waals surface area (Å²) in [5.74, 6) is -0.479. The number of pyridine rings is 1. The number of piperidine rings is 1. The molecule has 0 radical (unpaired) electrons. The predicted octanol–water partition coefficient (Wildman–Crippen LogP) is 4.83. The highest BCUT2D eigenvalue weighted by atomic mass is 32.1. The van der Waals surface area contributed by atoms with Crippen molar-refractivity contribution < 1.29 is 26.3 Å². The maximum atomic E-state index is 12.9. The zero-order chi connectivity index (χ0) is 19.8. The molecule has 27 heavy (non-hydrogen) atoms. The van der Waals surface area contributed by atoms with Gasteiger partial charge in [0.25, 0.3) is 0 Å². The summed E-state index contributed by atoms with van der Waals surface area (Å²) in [4.78, 5) is 8.74. The van der Waals surface area contributed by atoms with Crippen molar-refractivity contribution in [3.8, 4) is 6.07 Å². The number of hydrogen-bond acceptors (Lipinski definition) is 5. The molecule has 0 amide bonds. The van der Waals surface area contributed by atoms with Crippen molar-refractivity contribution in [1.82, 2.24) is 9.97 Å². The fraction of sp³-hybridized carbons (Fsp3) is 0.438. The molecule has 1 unspecified atom stereocenters. The molecule has 144 valence electrons. The number of thiazole rings is 1. The molecule has 1 atom stereocenters. The molecule has 2 aromatic heterocycles. The molecule has 0 N–H and O–H groups in total. The van der Waals surface area contributed by atoms with Gasteiger partial charge >= 0.3 is 12.4 Å². The monoisotopic (exact) mass is 406 g/mol. The van der Waals surface area contributed by atoms with Crippen molar-refractivity contribution in [3.63, 3.8) is 0 Å².